The zero-order valence-electron chi connectivity index (χ0n) is 15.8. The monoisotopic (exact) mass is 350 g/mol. The van der Waals surface area contributed by atoms with Gasteiger partial charge in [-0.2, -0.15) is 0 Å². The Labute approximate surface area is 150 Å². The maximum atomic E-state index is 12.9. The fourth-order valence-electron chi connectivity index (χ4n) is 2.86. The lowest BCUT2D eigenvalue weighted by Crippen LogP contribution is -2.46. The van der Waals surface area contributed by atoms with Gasteiger partial charge in [0, 0.05) is 32.2 Å². The number of Topliss-reactive ketones (excluding diaryl/α,β-unsaturated/α-hetero) is 1. The highest BCUT2D eigenvalue weighted by molar-refractivity contribution is 6.00. The Morgan fingerprint density at radius 3 is 1.96 bits per heavy atom. The van der Waals surface area contributed by atoms with Crippen LogP contribution in [0.25, 0.3) is 0 Å². The van der Waals surface area contributed by atoms with Crippen molar-refractivity contribution < 1.29 is 19.0 Å². The van der Waals surface area contributed by atoms with Crippen molar-refractivity contribution in [2.45, 2.75) is 20.8 Å². The van der Waals surface area contributed by atoms with Gasteiger partial charge in [0.25, 0.3) is 0 Å². The molecule has 140 valence electrons. The van der Waals surface area contributed by atoms with Crippen LogP contribution in [0.3, 0.4) is 0 Å². The van der Waals surface area contributed by atoms with Crippen molar-refractivity contribution in [3.63, 3.8) is 0 Å². The largest absolute Gasteiger partial charge is 0.493 e. The Bertz CT molecular complexity index is 569. The lowest BCUT2D eigenvalue weighted by molar-refractivity contribution is 0.0872. The molecule has 1 heterocycles. The summed E-state index contributed by atoms with van der Waals surface area (Å²) in [5.41, 5.74) is 0.563. The molecule has 0 unspecified atom stereocenters. The van der Waals surface area contributed by atoms with Gasteiger partial charge in [-0.05, 0) is 33.9 Å². The molecular weight excluding hydrogens is 320 g/mol. The molecule has 1 fully saturated rings. The van der Waals surface area contributed by atoms with E-state index >= 15 is 0 Å². The number of hydrogen-bond acceptors (Lipinski definition) is 6. The van der Waals surface area contributed by atoms with Crippen LogP contribution in [-0.2, 0) is 0 Å². The first kappa shape index (κ1) is 19.5. The molecule has 1 aromatic carbocycles. The van der Waals surface area contributed by atoms with Crippen LogP contribution in [0, 0.1) is 0 Å². The number of piperazine rings is 1. The molecule has 0 atom stereocenters. The topological polar surface area (TPSA) is 51.2 Å². The van der Waals surface area contributed by atoms with Crippen molar-refractivity contribution in [3.05, 3.63) is 17.7 Å². The van der Waals surface area contributed by atoms with E-state index in [4.69, 9.17) is 14.2 Å². The Balaban J connectivity index is 2.23. The first-order valence-corrected chi connectivity index (χ1v) is 9.09. The highest BCUT2D eigenvalue weighted by Crippen LogP contribution is 2.35. The van der Waals surface area contributed by atoms with Crippen LogP contribution in [0.1, 0.15) is 31.1 Å². The molecule has 0 spiro atoms. The molecule has 1 aromatic rings. The van der Waals surface area contributed by atoms with Crippen LogP contribution >= 0.6 is 0 Å². The van der Waals surface area contributed by atoms with Gasteiger partial charge in [-0.1, -0.05) is 0 Å². The summed E-state index contributed by atoms with van der Waals surface area (Å²) in [4.78, 5) is 17.3. The predicted octanol–water partition coefficient (Wildman–Crippen LogP) is 2.31. The number of nitrogens with zero attached hydrogens (tertiary/aromatic N) is 2. The van der Waals surface area contributed by atoms with Crippen LogP contribution < -0.4 is 14.2 Å². The molecule has 0 aliphatic carbocycles. The Morgan fingerprint density at radius 1 is 0.880 bits per heavy atom. The fraction of sp³-hybridized carbons (Fsp3) is 0.632. The highest BCUT2D eigenvalue weighted by Gasteiger charge is 2.22. The summed E-state index contributed by atoms with van der Waals surface area (Å²) < 4.78 is 17.0. The second-order valence-electron chi connectivity index (χ2n) is 6.10. The van der Waals surface area contributed by atoms with Crippen molar-refractivity contribution in [1.29, 1.82) is 0 Å². The first-order chi connectivity index (χ1) is 12.1. The third kappa shape index (κ3) is 5.34. The van der Waals surface area contributed by atoms with E-state index in [1.807, 2.05) is 20.8 Å². The minimum Gasteiger partial charge on any atom is -0.493 e. The van der Waals surface area contributed by atoms with Gasteiger partial charge in [-0.25, -0.2) is 0 Å². The number of ether oxygens (including phenoxy) is 3. The van der Waals surface area contributed by atoms with E-state index in [1.54, 1.807) is 12.1 Å². The molecule has 0 N–H and O–H groups in total. The van der Waals surface area contributed by atoms with Crippen molar-refractivity contribution in [1.82, 2.24) is 9.80 Å². The second kappa shape index (κ2) is 9.63. The maximum Gasteiger partial charge on any atom is 0.180 e. The average molecular weight is 350 g/mol. The van der Waals surface area contributed by atoms with E-state index in [0.717, 1.165) is 26.2 Å². The molecule has 1 saturated heterocycles. The molecule has 0 saturated carbocycles. The molecule has 0 aromatic heterocycles. The van der Waals surface area contributed by atoms with Crippen LogP contribution in [0.15, 0.2) is 12.1 Å². The number of likely N-dealkylation sites (N-methyl/N-ethyl adjacent to an activating group) is 1. The summed E-state index contributed by atoms with van der Waals surface area (Å²) in [6, 6.07) is 3.53. The molecule has 1 aliphatic rings. The molecule has 1 aliphatic heterocycles. The first-order valence-electron chi connectivity index (χ1n) is 9.09. The average Bonchev–Trinajstić information content (AvgIpc) is 2.59. The van der Waals surface area contributed by atoms with Gasteiger partial charge in [-0.15, -0.1) is 0 Å². The summed E-state index contributed by atoms with van der Waals surface area (Å²) in [6.45, 7) is 11.5. The van der Waals surface area contributed by atoms with Gasteiger partial charge in [0.2, 0.25) is 0 Å². The van der Waals surface area contributed by atoms with E-state index in [9.17, 15) is 4.79 Å². The molecule has 0 radical (unpaired) electrons. The smallest absolute Gasteiger partial charge is 0.180 e. The van der Waals surface area contributed by atoms with E-state index in [2.05, 4.69) is 16.8 Å². The van der Waals surface area contributed by atoms with Gasteiger partial charge in [0.05, 0.1) is 31.9 Å². The number of carbonyl (C=O) groups excluding carboxylic acids is 1. The van der Waals surface area contributed by atoms with E-state index < -0.39 is 0 Å². The van der Waals surface area contributed by atoms with Crippen molar-refractivity contribution >= 4 is 5.78 Å². The van der Waals surface area contributed by atoms with Gasteiger partial charge >= 0.3 is 0 Å². The molecule has 0 amide bonds. The van der Waals surface area contributed by atoms with Gasteiger partial charge < -0.3 is 19.1 Å². The summed E-state index contributed by atoms with van der Waals surface area (Å²) in [5.74, 6) is 1.82. The molecule has 2 rings (SSSR count). The maximum absolute atomic E-state index is 12.9. The Kier molecular flexibility index (Phi) is 7.52. The number of carbonyl (C=O) groups is 1. The Hall–Kier alpha value is -1.79. The Morgan fingerprint density at radius 2 is 1.40 bits per heavy atom. The molecule has 6 heteroatoms. The minimum atomic E-state index is 0.0528. The molecular formula is C19H30N2O4. The zero-order valence-corrected chi connectivity index (χ0v) is 15.8. The number of rotatable bonds is 9. The van der Waals surface area contributed by atoms with Gasteiger partial charge in [0.15, 0.2) is 17.3 Å². The third-order valence-electron chi connectivity index (χ3n) is 4.21. The number of ketones is 1. The summed E-state index contributed by atoms with van der Waals surface area (Å²) in [7, 11) is 2.10. The van der Waals surface area contributed by atoms with E-state index in [0.29, 0.717) is 49.2 Å². The lowest BCUT2D eigenvalue weighted by atomic mass is 10.1. The summed E-state index contributed by atoms with van der Waals surface area (Å²) in [5, 5.41) is 0. The molecule has 6 nitrogen and oxygen atoms in total. The summed E-state index contributed by atoms with van der Waals surface area (Å²) >= 11 is 0. The quantitative estimate of drug-likeness (QED) is 0.637. The number of hydrogen-bond donors (Lipinski definition) is 0. The van der Waals surface area contributed by atoms with Crippen LogP contribution in [0.4, 0.5) is 0 Å². The minimum absolute atomic E-state index is 0.0528. The summed E-state index contributed by atoms with van der Waals surface area (Å²) in [6.07, 6.45) is 0. The fourth-order valence-corrected chi connectivity index (χ4v) is 2.86. The van der Waals surface area contributed by atoms with Crippen molar-refractivity contribution in [2.75, 3.05) is 59.6 Å². The van der Waals surface area contributed by atoms with Crippen LogP contribution in [0.2, 0.25) is 0 Å². The molecule has 25 heavy (non-hydrogen) atoms. The normalized spacial score (nSPS) is 15.8. The van der Waals surface area contributed by atoms with Gasteiger partial charge in [-0.3, -0.25) is 9.69 Å². The lowest BCUT2D eigenvalue weighted by Gasteiger charge is -2.31. The van der Waals surface area contributed by atoms with E-state index in [1.165, 1.54) is 0 Å². The van der Waals surface area contributed by atoms with E-state index in [-0.39, 0.29) is 5.78 Å². The predicted molar refractivity (Wildman–Crippen MR) is 98.2 cm³/mol. The molecule has 0 bridgehead atoms. The standard InChI is InChI=1S/C19H30N2O4/c1-5-23-17-13-19(25-7-3)18(24-6-2)12-15(17)16(22)14-21-10-8-20(4)9-11-21/h12-13H,5-11,14H2,1-4H3. The highest BCUT2D eigenvalue weighted by atomic mass is 16.5. The third-order valence-corrected chi connectivity index (χ3v) is 4.21. The van der Waals surface area contributed by atoms with Gasteiger partial charge in [0.1, 0.15) is 5.75 Å². The van der Waals surface area contributed by atoms with Crippen LogP contribution in [-0.4, -0.2) is 75.2 Å². The van der Waals surface area contributed by atoms with Crippen molar-refractivity contribution in [2.24, 2.45) is 0 Å². The number of benzene rings is 1. The van der Waals surface area contributed by atoms with Crippen LogP contribution in [0.5, 0.6) is 17.2 Å². The van der Waals surface area contributed by atoms with Crippen molar-refractivity contribution in [3.8, 4) is 17.2 Å². The zero-order chi connectivity index (χ0) is 18.2. The SMILES string of the molecule is CCOc1cc(OCC)c(C(=O)CN2CCN(C)CC2)cc1OCC. The second-order valence-corrected chi connectivity index (χ2v) is 6.10.